The maximum absolute atomic E-state index is 13.2. The van der Waals surface area contributed by atoms with Gasteiger partial charge >= 0.3 is 6.18 Å². The number of alkyl halides is 3. The summed E-state index contributed by atoms with van der Waals surface area (Å²) in [4.78, 5) is 18.0. The van der Waals surface area contributed by atoms with Crippen LogP contribution >= 0.6 is 0 Å². The fourth-order valence-corrected chi connectivity index (χ4v) is 2.76. The van der Waals surface area contributed by atoms with Gasteiger partial charge in [0.05, 0.1) is 0 Å². The highest BCUT2D eigenvalue weighted by Gasteiger charge is 2.36. The Labute approximate surface area is 124 Å². The molecule has 2 aromatic rings. The summed E-state index contributed by atoms with van der Waals surface area (Å²) in [5.41, 5.74) is -1.20. The molecule has 118 valence electrons. The van der Waals surface area contributed by atoms with Crippen LogP contribution in [0.4, 0.5) is 13.2 Å². The van der Waals surface area contributed by atoms with Gasteiger partial charge in [0.15, 0.2) is 11.5 Å². The topological polar surface area (TPSA) is 46.3 Å². The maximum Gasteiger partial charge on any atom is 0.420 e. The van der Waals surface area contributed by atoms with Gasteiger partial charge in [-0.25, -0.2) is 4.98 Å². The molecule has 7 heteroatoms. The van der Waals surface area contributed by atoms with E-state index in [9.17, 15) is 18.0 Å². The van der Waals surface area contributed by atoms with Gasteiger partial charge in [-0.15, -0.1) is 0 Å². The Morgan fingerprint density at radius 2 is 1.91 bits per heavy atom. The SMILES string of the molecule is Cc1nc2cc(C(=O)N3CCCCC3)cc(C(F)(F)F)c2o1. The second-order valence-corrected chi connectivity index (χ2v) is 5.46. The van der Waals surface area contributed by atoms with Crippen molar-refractivity contribution in [2.75, 3.05) is 13.1 Å². The van der Waals surface area contributed by atoms with Crippen LogP contribution in [0.3, 0.4) is 0 Å². The summed E-state index contributed by atoms with van der Waals surface area (Å²) in [7, 11) is 0. The Morgan fingerprint density at radius 3 is 2.55 bits per heavy atom. The lowest BCUT2D eigenvalue weighted by molar-refractivity contribution is -0.136. The lowest BCUT2D eigenvalue weighted by atomic mass is 10.1. The summed E-state index contributed by atoms with van der Waals surface area (Å²) in [5.74, 6) is -0.240. The number of likely N-dealkylation sites (tertiary alicyclic amines) is 1. The zero-order valence-electron chi connectivity index (χ0n) is 12.0. The molecular formula is C15H15F3N2O2. The van der Waals surface area contributed by atoms with Crippen molar-refractivity contribution < 1.29 is 22.4 Å². The molecule has 0 atom stereocenters. The molecule has 1 aromatic carbocycles. The molecule has 0 N–H and O–H groups in total. The number of aryl methyl sites for hydroxylation is 1. The molecule has 22 heavy (non-hydrogen) atoms. The second kappa shape index (κ2) is 5.30. The van der Waals surface area contributed by atoms with Gasteiger partial charge in [0.1, 0.15) is 11.1 Å². The minimum absolute atomic E-state index is 0.00928. The lowest BCUT2D eigenvalue weighted by Gasteiger charge is -2.26. The molecule has 0 spiro atoms. The minimum atomic E-state index is -4.59. The van der Waals surface area contributed by atoms with Crippen molar-refractivity contribution >= 4 is 17.0 Å². The number of carbonyl (C=O) groups is 1. The molecule has 1 saturated heterocycles. The number of hydrogen-bond donors (Lipinski definition) is 0. The average molecular weight is 312 g/mol. The molecule has 1 aliphatic heterocycles. The van der Waals surface area contributed by atoms with Crippen molar-refractivity contribution in [3.05, 3.63) is 29.2 Å². The van der Waals surface area contributed by atoms with Crippen LogP contribution in [0.1, 0.15) is 41.1 Å². The molecule has 0 aliphatic carbocycles. The van der Waals surface area contributed by atoms with Gasteiger partial charge in [-0.1, -0.05) is 0 Å². The number of fused-ring (bicyclic) bond motifs is 1. The van der Waals surface area contributed by atoms with E-state index < -0.39 is 11.7 Å². The summed E-state index contributed by atoms with van der Waals surface area (Å²) in [5, 5.41) is 0. The molecule has 2 heterocycles. The van der Waals surface area contributed by atoms with Crippen molar-refractivity contribution in [3.8, 4) is 0 Å². The Hall–Kier alpha value is -2.05. The van der Waals surface area contributed by atoms with Crippen LogP contribution in [0.25, 0.3) is 11.1 Å². The smallest absolute Gasteiger partial charge is 0.420 e. The molecule has 0 saturated carbocycles. The van der Waals surface area contributed by atoms with E-state index in [2.05, 4.69) is 4.98 Å². The van der Waals surface area contributed by atoms with Crippen molar-refractivity contribution in [1.82, 2.24) is 9.88 Å². The number of oxazole rings is 1. The second-order valence-electron chi connectivity index (χ2n) is 5.46. The highest BCUT2D eigenvalue weighted by molar-refractivity contribution is 5.98. The molecule has 3 rings (SSSR count). The van der Waals surface area contributed by atoms with Gasteiger partial charge in [0.25, 0.3) is 5.91 Å². The minimum Gasteiger partial charge on any atom is -0.440 e. The third kappa shape index (κ3) is 2.67. The molecular weight excluding hydrogens is 297 g/mol. The molecule has 0 bridgehead atoms. The standard InChI is InChI=1S/C15H15F3N2O2/c1-9-19-12-8-10(14(21)20-5-3-2-4-6-20)7-11(13(12)22-9)15(16,17)18/h7-8H,2-6H2,1H3. The summed E-state index contributed by atoms with van der Waals surface area (Å²) < 4.78 is 44.6. The number of aromatic nitrogens is 1. The van der Waals surface area contributed by atoms with E-state index in [0.717, 1.165) is 25.3 Å². The van der Waals surface area contributed by atoms with E-state index in [0.29, 0.717) is 13.1 Å². The Morgan fingerprint density at radius 1 is 1.23 bits per heavy atom. The highest BCUT2D eigenvalue weighted by atomic mass is 19.4. The van der Waals surface area contributed by atoms with E-state index in [1.807, 2.05) is 0 Å². The normalized spacial score (nSPS) is 16.3. The predicted octanol–water partition coefficient (Wildman–Crippen LogP) is 3.78. The van der Waals surface area contributed by atoms with Gasteiger partial charge in [-0.2, -0.15) is 13.2 Å². The van der Waals surface area contributed by atoms with Crippen LogP contribution in [-0.2, 0) is 6.18 Å². The van der Waals surface area contributed by atoms with Gasteiger partial charge < -0.3 is 9.32 Å². The fraction of sp³-hybridized carbons (Fsp3) is 0.467. The number of carbonyl (C=O) groups excluding carboxylic acids is 1. The van der Waals surface area contributed by atoms with Gasteiger partial charge in [0.2, 0.25) is 0 Å². The zero-order chi connectivity index (χ0) is 15.9. The first kappa shape index (κ1) is 14.9. The number of nitrogens with zero attached hydrogens (tertiary/aromatic N) is 2. The van der Waals surface area contributed by atoms with E-state index in [4.69, 9.17) is 4.42 Å². The van der Waals surface area contributed by atoms with Crippen LogP contribution in [0.5, 0.6) is 0 Å². The third-order valence-corrected chi connectivity index (χ3v) is 3.79. The largest absolute Gasteiger partial charge is 0.440 e. The number of piperidine rings is 1. The lowest BCUT2D eigenvalue weighted by Crippen LogP contribution is -2.35. The van der Waals surface area contributed by atoms with Crippen molar-refractivity contribution in [3.63, 3.8) is 0 Å². The summed E-state index contributed by atoms with van der Waals surface area (Å²) in [6.45, 7) is 2.64. The third-order valence-electron chi connectivity index (χ3n) is 3.79. The molecule has 0 unspecified atom stereocenters. The zero-order valence-corrected chi connectivity index (χ0v) is 12.0. The van der Waals surface area contributed by atoms with Gasteiger partial charge in [0, 0.05) is 25.6 Å². The fourth-order valence-electron chi connectivity index (χ4n) is 2.76. The number of amides is 1. The first-order valence-electron chi connectivity index (χ1n) is 7.14. The quantitative estimate of drug-likeness (QED) is 0.805. The first-order valence-corrected chi connectivity index (χ1v) is 7.14. The number of benzene rings is 1. The van der Waals surface area contributed by atoms with Crippen LogP contribution in [0, 0.1) is 6.92 Å². The van der Waals surface area contributed by atoms with E-state index in [1.165, 1.54) is 13.0 Å². The predicted molar refractivity (Wildman–Crippen MR) is 73.5 cm³/mol. The Balaban J connectivity index is 2.08. The van der Waals surface area contributed by atoms with Crippen molar-refractivity contribution in [1.29, 1.82) is 0 Å². The number of rotatable bonds is 1. The van der Waals surface area contributed by atoms with Crippen LogP contribution in [-0.4, -0.2) is 28.9 Å². The summed E-state index contributed by atoms with van der Waals surface area (Å²) in [6, 6.07) is 2.24. The molecule has 0 radical (unpaired) electrons. The van der Waals surface area contributed by atoms with Crippen molar-refractivity contribution in [2.45, 2.75) is 32.4 Å². The van der Waals surface area contributed by atoms with Gasteiger partial charge in [-0.3, -0.25) is 4.79 Å². The maximum atomic E-state index is 13.2. The molecule has 4 nitrogen and oxygen atoms in total. The van der Waals surface area contributed by atoms with Crippen LogP contribution < -0.4 is 0 Å². The highest BCUT2D eigenvalue weighted by Crippen LogP contribution is 2.36. The number of halogens is 3. The van der Waals surface area contributed by atoms with Crippen LogP contribution in [0.2, 0.25) is 0 Å². The number of hydrogen-bond acceptors (Lipinski definition) is 3. The van der Waals surface area contributed by atoms with E-state index >= 15 is 0 Å². The molecule has 1 fully saturated rings. The first-order chi connectivity index (χ1) is 10.4. The summed E-state index contributed by atoms with van der Waals surface area (Å²) >= 11 is 0. The van der Waals surface area contributed by atoms with E-state index in [1.54, 1.807) is 4.90 Å². The molecule has 1 amide bonds. The average Bonchev–Trinajstić information content (AvgIpc) is 2.85. The van der Waals surface area contributed by atoms with Crippen molar-refractivity contribution in [2.24, 2.45) is 0 Å². The molecule has 1 aromatic heterocycles. The van der Waals surface area contributed by atoms with E-state index in [-0.39, 0.29) is 28.5 Å². The van der Waals surface area contributed by atoms with Crippen LogP contribution in [0.15, 0.2) is 16.5 Å². The Kier molecular flexibility index (Phi) is 3.58. The summed E-state index contributed by atoms with van der Waals surface area (Å²) in [6.07, 6.45) is -1.80. The molecule has 1 aliphatic rings. The van der Waals surface area contributed by atoms with Gasteiger partial charge in [-0.05, 0) is 31.4 Å². The monoisotopic (exact) mass is 312 g/mol. The Bertz CT molecular complexity index is 715.